The molecule has 4 nitrogen and oxygen atoms in total. The molecule has 0 radical (unpaired) electrons. The van der Waals surface area contributed by atoms with Crippen LogP contribution in [-0.4, -0.2) is 36.5 Å². The molecule has 2 fully saturated rings. The highest BCUT2D eigenvalue weighted by atomic mass is 16.5. The summed E-state index contributed by atoms with van der Waals surface area (Å²) in [6, 6.07) is 8.33. The molecule has 0 saturated carbocycles. The highest BCUT2D eigenvalue weighted by Crippen LogP contribution is 2.44. The SMILES string of the molecule is COC(=O)C1C2CC(O)CC(CC1c1ccc(C)cc1)O2. The minimum absolute atomic E-state index is 0.0333. The summed E-state index contributed by atoms with van der Waals surface area (Å²) in [5, 5.41) is 9.95. The molecule has 0 aromatic heterocycles. The predicted octanol–water partition coefficient (Wildman–Crippen LogP) is 2.18. The summed E-state index contributed by atoms with van der Waals surface area (Å²) in [5.74, 6) is -0.462. The topological polar surface area (TPSA) is 55.8 Å². The Morgan fingerprint density at radius 2 is 1.95 bits per heavy atom. The summed E-state index contributed by atoms with van der Waals surface area (Å²) in [6.07, 6.45) is 1.35. The Morgan fingerprint density at radius 3 is 2.62 bits per heavy atom. The third-order valence-electron chi connectivity index (χ3n) is 4.74. The number of ether oxygens (including phenoxy) is 2. The van der Waals surface area contributed by atoms with Crippen LogP contribution in [0.1, 0.15) is 36.3 Å². The number of aliphatic hydroxyl groups is 1. The van der Waals surface area contributed by atoms with Gasteiger partial charge in [-0.05, 0) is 25.3 Å². The van der Waals surface area contributed by atoms with E-state index in [2.05, 4.69) is 31.2 Å². The third-order valence-corrected chi connectivity index (χ3v) is 4.74. The maximum atomic E-state index is 12.2. The van der Waals surface area contributed by atoms with Crippen molar-refractivity contribution in [2.45, 2.75) is 50.4 Å². The van der Waals surface area contributed by atoms with E-state index < -0.39 is 0 Å². The van der Waals surface area contributed by atoms with Crippen LogP contribution in [0.2, 0.25) is 0 Å². The molecule has 3 rings (SSSR count). The lowest BCUT2D eigenvalue weighted by atomic mass is 9.72. The molecule has 2 bridgehead atoms. The van der Waals surface area contributed by atoms with Crippen molar-refractivity contribution in [3.8, 4) is 0 Å². The number of hydrogen-bond donors (Lipinski definition) is 1. The second kappa shape index (κ2) is 5.78. The standard InChI is InChI=1S/C17H22O4/c1-10-3-5-11(6-4-10)14-9-13-7-12(18)8-15(21-13)16(14)17(19)20-2/h3-6,12-16,18H,7-9H2,1-2H3. The maximum absolute atomic E-state index is 12.2. The molecular weight excluding hydrogens is 268 g/mol. The van der Waals surface area contributed by atoms with Gasteiger partial charge in [-0.25, -0.2) is 0 Å². The van der Waals surface area contributed by atoms with Crippen molar-refractivity contribution >= 4 is 5.97 Å². The van der Waals surface area contributed by atoms with Crippen molar-refractivity contribution in [3.63, 3.8) is 0 Å². The van der Waals surface area contributed by atoms with Crippen LogP contribution in [0, 0.1) is 12.8 Å². The number of methoxy groups -OCH3 is 1. The Morgan fingerprint density at radius 1 is 1.24 bits per heavy atom. The van der Waals surface area contributed by atoms with Crippen LogP contribution in [0.15, 0.2) is 24.3 Å². The molecule has 1 N–H and O–H groups in total. The Hall–Kier alpha value is -1.39. The van der Waals surface area contributed by atoms with Gasteiger partial charge < -0.3 is 14.6 Å². The van der Waals surface area contributed by atoms with Gasteiger partial charge in [0, 0.05) is 12.3 Å². The van der Waals surface area contributed by atoms with E-state index in [0.717, 1.165) is 12.0 Å². The number of carbonyl (C=O) groups is 1. The maximum Gasteiger partial charge on any atom is 0.311 e. The minimum Gasteiger partial charge on any atom is -0.469 e. The van der Waals surface area contributed by atoms with Crippen molar-refractivity contribution in [1.29, 1.82) is 0 Å². The van der Waals surface area contributed by atoms with Crippen LogP contribution in [0.3, 0.4) is 0 Å². The Balaban J connectivity index is 1.92. The molecule has 5 unspecified atom stereocenters. The lowest BCUT2D eigenvalue weighted by Crippen LogP contribution is -2.50. The molecule has 5 atom stereocenters. The van der Waals surface area contributed by atoms with Crippen molar-refractivity contribution in [1.82, 2.24) is 0 Å². The Kier molecular flexibility index (Phi) is 4.00. The second-order valence-electron chi connectivity index (χ2n) is 6.22. The number of esters is 1. The molecule has 2 aliphatic rings. The van der Waals surface area contributed by atoms with Crippen molar-refractivity contribution in [3.05, 3.63) is 35.4 Å². The first-order valence-corrected chi connectivity index (χ1v) is 7.56. The fourth-order valence-electron chi connectivity index (χ4n) is 3.71. The molecule has 1 aromatic rings. The van der Waals surface area contributed by atoms with E-state index in [9.17, 15) is 9.90 Å². The smallest absolute Gasteiger partial charge is 0.311 e. The largest absolute Gasteiger partial charge is 0.469 e. The highest BCUT2D eigenvalue weighted by Gasteiger charge is 2.47. The summed E-state index contributed by atoms with van der Waals surface area (Å²) >= 11 is 0. The molecule has 0 amide bonds. The minimum atomic E-state index is -0.375. The first-order chi connectivity index (χ1) is 10.1. The van der Waals surface area contributed by atoms with Crippen LogP contribution in [0.4, 0.5) is 0 Å². The highest BCUT2D eigenvalue weighted by molar-refractivity contribution is 5.74. The quantitative estimate of drug-likeness (QED) is 0.848. The molecule has 21 heavy (non-hydrogen) atoms. The molecule has 2 heterocycles. The molecule has 114 valence electrons. The van der Waals surface area contributed by atoms with E-state index in [0.29, 0.717) is 12.8 Å². The molecule has 2 saturated heterocycles. The van der Waals surface area contributed by atoms with Crippen molar-refractivity contribution < 1.29 is 19.4 Å². The molecule has 4 heteroatoms. The van der Waals surface area contributed by atoms with Gasteiger partial charge in [0.05, 0.1) is 31.3 Å². The van der Waals surface area contributed by atoms with Crippen LogP contribution in [-0.2, 0) is 14.3 Å². The van der Waals surface area contributed by atoms with Crippen LogP contribution >= 0.6 is 0 Å². The number of hydrogen-bond acceptors (Lipinski definition) is 4. The van der Waals surface area contributed by atoms with Gasteiger partial charge in [-0.2, -0.15) is 0 Å². The summed E-state index contributed by atoms with van der Waals surface area (Å²) in [5.41, 5.74) is 2.36. The van der Waals surface area contributed by atoms with Crippen LogP contribution in [0.5, 0.6) is 0 Å². The second-order valence-corrected chi connectivity index (χ2v) is 6.22. The first-order valence-electron chi connectivity index (χ1n) is 7.56. The summed E-state index contributed by atoms with van der Waals surface area (Å²) < 4.78 is 10.9. The van der Waals surface area contributed by atoms with Gasteiger partial charge in [-0.1, -0.05) is 29.8 Å². The molecule has 0 aliphatic carbocycles. The van der Waals surface area contributed by atoms with Gasteiger partial charge in [0.1, 0.15) is 0 Å². The fraction of sp³-hybridized carbons (Fsp3) is 0.588. The average molecular weight is 290 g/mol. The number of benzene rings is 1. The van der Waals surface area contributed by atoms with E-state index in [-0.39, 0.29) is 36.1 Å². The number of aliphatic hydroxyl groups excluding tert-OH is 1. The van der Waals surface area contributed by atoms with Gasteiger partial charge in [0.2, 0.25) is 0 Å². The van der Waals surface area contributed by atoms with Crippen molar-refractivity contribution in [2.24, 2.45) is 5.92 Å². The third kappa shape index (κ3) is 2.83. The Labute approximate surface area is 125 Å². The van der Waals surface area contributed by atoms with Gasteiger partial charge in [0.15, 0.2) is 0 Å². The number of rotatable bonds is 2. The number of carbonyl (C=O) groups excluding carboxylic acids is 1. The molecular formula is C17H22O4. The molecule has 0 spiro atoms. The Bertz CT molecular complexity index is 508. The van der Waals surface area contributed by atoms with E-state index in [1.807, 2.05) is 0 Å². The van der Waals surface area contributed by atoms with Gasteiger partial charge in [-0.15, -0.1) is 0 Å². The normalized spacial score (nSPS) is 35.3. The zero-order valence-corrected chi connectivity index (χ0v) is 12.5. The predicted molar refractivity (Wildman–Crippen MR) is 77.9 cm³/mol. The summed E-state index contributed by atoms with van der Waals surface area (Å²) in [6.45, 7) is 2.05. The monoisotopic (exact) mass is 290 g/mol. The van der Waals surface area contributed by atoms with Crippen molar-refractivity contribution in [2.75, 3.05) is 7.11 Å². The van der Waals surface area contributed by atoms with E-state index in [1.165, 1.54) is 12.7 Å². The van der Waals surface area contributed by atoms with E-state index >= 15 is 0 Å². The zero-order valence-electron chi connectivity index (χ0n) is 12.5. The summed E-state index contributed by atoms with van der Waals surface area (Å²) in [4.78, 5) is 12.2. The number of aryl methyl sites for hydroxylation is 1. The first kappa shape index (κ1) is 14.5. The van der Waals surface area contributed by atoms with E-state index in [4.69, 9.17) is 9.47 Å². The average Bonchev–Trinajstić information content (AvgIpc) is 2.46. The number of fused-ring (bicyclic) bond motifs is 2. The summed E-state index contributed by atoms with van der Waals surface area (Å²) in [7, 11) is 1.42. The molecule has 1 aromatic carbocycles. The lowest BCUT2D eigenvalue weighted by molar-refractivity contribution is -0.180. The molecule has 2 aliphatic heterocycles. The van der Waals surface area contributed by atoms with Gasteiger partial charge >= 0.3 is 5.97 Å². The fourth-order valence-corrected chi connectivity index (χ4v) is 3.71. The van der Waals surface area contributed by atoms with Crippen LogP contribution < -0.4 is 0 Å². The van der Waals surface area contributed by atoms with Gasteiger partial charge in [-0.3, -0.25) is 4.79 Å². The van der Waals surface area contributed by atoms with E-state index in [1.54, 1.807) is 0 Å². The lowest BCUT2D eigenvalue weighted by Gasteiger charge is -2.45. The zero-order chi connectivity index (χ0) is 15.0. The van der Waals surface area contributed by atoms with Crippen LogP contribution in [0.25, 0.3) is 0 Å². The van der Waals surface area contributed by atoms with Gasteiger partial charge in [0.25, 0.3) is 0 Å².